The van der Waals surface area contributed by atoms with Gasteiger partial charge in [-0.3, -0.25) is 4.79 Å². The highest BCUT2D eigenvalue weighted by Gasteiger charge is 2.52. The lowest BCUT2D eigenvalue weighted by molar-refractivity contribution is -0.173. The van der Waals surface area contributed by atoms with Crippen LogP contribution in [-0.4, -0.2) is 28.0 Å². The van der Waals surface area contributed by atoms with E-state index in [1.807, 2.05) is 0 Å². The third-order valence-electron chi connectivity index (χ3n) is 6.18. The van der Waals surface area contributed by atoms with E-state index < -0.39 is 52.1 Å². The molecule has 0 radical (unpaired) electrons. The van der Waals surface area contributed by atoms with Crippen molar-refractivity contribution in [2.24, 2.45) is 0 Å². The van der Waals surface area contributed by atoms with Crippen molar-refractivity contribution in [2.75, 3.05) is 5.32 Å². The molecule has 2 aliphatic rings. The van der Waals surface area contributed by atoms with Crippen LogP contribution < -0.4 is 14.8 Å². The first-order valence-electron chi connectivity index (χ1n) is 10.9. The maximum absolute atomic E-state index is 14.2. The number of nitrogens with one attached hydrogen (secondary N) is 1. The Hall–Kier alpha value is -4.22. The number of anilines is 1. The molecule has 12 heteroatoms. The molecule has 1 aromatic heterocycles. The SMILES string of the molecule is CC1(F)Oc2ccc(C3(C(=O)Nc4ccc(C(F)(F)F)c(-c5ccc(C(=O)O)c(F)c5)n4)CC3)cc2O1. The molecule has 2 N–H and O–H groups in total. The smallest absolute Gasteiger partial charge is 0.418 e. The second-order valence-corrected chi connectivity index (χ2v) is 8.83. The molecule has 5 rings (SSSR count). The molecule has 192 valence electrons. The average molecular weight is 520 g/mol. The van der Waals surface area contributed by atoms with Crippen molar-refractivity contribution in [3.05, 3.63) is 71.0 Å². The van der Waals surface area contributed by atoms with Crippen LogP contribution >= 0.6 is 0 Å². The molecule has 1 amide bonds. The second kappa shape index (κ2) is 8.15. The Kier molecular flexibility index (Phi) is 5.39. The van der Waals surface area contributed by atoms with E-state index in [9.17, 15) is 31.5 Å². The van der Waals surface area contributed by atoms with Crippen LogP contribution in [0.1, 0.15) is 41.3 Å². The highest BCUT2D eigenvalue weighted by atomic mass is 19.4. The van der Waals surface area contributed by atoms with E-state index in [0.717, 1.165) is 25.1 Å². The number of aromatic carboxylic acids is 1. The fourth-order valence-electron chi connectivity index (χ4n) is 4.20. The van der Waals surface area contributed by atoms with E-state index in [4.69, 9.17) is 14.6 Å². The van der Waals surface area contributed by atoms with Gasteiger partial charge in [0.1, 0.15) is 11.6 Å². The van der Waals surface area contributed by atoms with E-state index in [1.54, 1.807) is 6.07 Å². The summed E-state index contributed by atoms with van der Waals surface area (Å²) in [6, 6.07) is 6.32. The Labute approximate surface area is 205 Å². The maximum atomic E-state index is 14.2. The Morgan fingerprint density at radius 2 is 1.73 bits per heavy atom. The summed E-state index contributed by atoms with van der Waals surface area (Å²) in [4.78, 5) is 28.2. The molecular formula is C25H17F5N2O5. The van der Waals surface area contributed by atoms with Gasteiger partial charge >= 0.3 is 18.2 Å². The minimum absolute atomic E-state index is 0.114. The molecule has 37 heavy (non-hydrogen) atoms. The minimum atomic E-state index is -4.86. The quantitative estimate of drug-likeness (QED) is 0.420. The van der Waals surface area contributed by atoms with Gasteiger partial charge in [-0.05, 0) is 54.8 Å². The van der Waals surface area contributed by atoms with Crippen LogP contribution in [0.3, 0.4) is 0 Å². The number of benzene rings is 2. The normalized spacial score (nSPS) is 19.4. The van der Waals surface area contributed by atoms with Gasteiger partial charge in [-0.2, -0.15) is 17.6 Å². The van der Waals surface area contributed by atoms with Gasteiger partial charge in [-0.25, -0.2) is 14.2 Å². The number of nitrogens with zero attached hydrogens (tertiary/aromatic N) is 1. The van der Waals surface area contributed by atoms with Crippen molar-refractivity contribution in [1.29, 1.82) is 0 Å². The Morgan fingerprint density at radius 1 is 1.03 bits per heavy atom. The highest BCUT2D eigenvalue weighted by Crippen LogP contribution is 2.52. The molecule has 1 saturated carbocycles. The monoisotopic (exact) mass is 520 g/mol. The number of carboxylic acid groups (broad SMARTS) is 1. The second-order valence-electron chi connectivity index (χ2n) is 8.83. The van der Waals surface area contributed by atoms with Gasteiger partial charge in [-0.15, -0.1) is 0 Å². The van der Waals surface area contributed by atoms with Crippen molar-refractivity contribution >= 4 is 17.7 Å². The van der Waals surface area contributed by atoms with Crippen LogP contribution in [0.4, 0.5) is 27.8 Å². The summed E-state index contributed by atoms with van der Waals surface area (Å²) in [7, 11) is 0. The molecule has 0 saturated heterocycles. The number of carboxylic acids is 1. The standard InChI is InChI=1S/C25H17F5N2O5/c1-23(27)36-17-6-3-13(11-18(17)37-23)24(8-9-24)22(35)32-19-7-5-15(25(28,29)30)20(31-19)12-2-4-14(21(33)34)16(26)10-12/h2-7,10-11H,8-9H2,1H3,(H,33,34)(H,31,32,35). The predicted molar refractivity (Wildman–Crippen MR) is 118 cm³/mol. The topological polar surface area (TPSA) is 97.8 Å². The minimum Gasteiger partial charge on any atom is -0.478 e. The van der Waals surface area contributed by atoms with Crippen molar-refractivity contribution < 1.29 is 46.1 Å². The molecule has 1 fully saturated rings. The summed E-state index contributed by atoms with van der Waals surface area (Å²) >= 11 is 0. The summed E-state index contributed by atoms with van der Waals surface area (Å²) in [5.74, 6) is -3.32. The van der Waals surface area contributed by atoms with Gasteiger partial charge in [0, 0.05) is 12.5 Å². The number of ether oxygens (including phenoxy) is 2. The van der Waals surface area contributed by atoms with Gasteiger partial charge in [0.15, 0.2) is 11.5 Å². The predicted octanol–water partition coefficient (Wildman–Crippen LogP) is 5.69. The van der Waals surface area contributed by atoms with Crippen LogP contribution in [-0.2, 0) is 16.4 Å². The van der Waals surface area contributed by atoms with Gasteiger partial charge < -0.3 is 19.9 Å². The average Bonchev–Trinajstić information content (AvgIpc) is 3.55. The first-order valence-corrected chi connectivity index (χ1v) is 10.9. The molecule has 3 aromatic rings. The van der Waals surface area contributed by atoms with Crippen LogP contribution in [0, 0.1) is 5.82 Å². The lowest BCUT2D eigenvalue weighted by Gasteiger charge is -2.18. The largest absolute Gasteiger partial charge is 0.478 e. The lowest BCUT2D eigenvalue weighted by atomic mass is 9.94. The van der Waals surface area contributed by atoms with E-state index >= 15 is 0 Å². The summed E-state index contributed by atoms with van der Waals surface area (Å²) in [5, 5.41) is 11.5. The Balaban J connectivity index is 1.46. The lowest BCUT2D eigenvalue weighted by Crippen LogP contribution is -2.28. The number of rotatable bonds is 5. The summed E-state index contributed by atoms with van der Waals surface area (Å²) < 4.78 is 79.3. The van der Waals surface area contributed by atoms with Crippen molar-refractivity contribution in [2.45, 2.75) is 37.4 Å². The summed E-state index contributed by atoms with van der Waals surface area (Å²) in [6.45, 7) is 1.08. The molecule has 1 atom stereocenters. The Bertz CT molecular complexity index is 1450. The molecule has 2 aromatic carbocycles. The first-order chi connectivity index (χ1) is 17.3. The van der Waals surface area contributed by atoms with Gasteiger partial charge in [0.2, 0.25) is 5.91 Å². The number of halogens is 5. The number of alkyl halides is 4. The van der Waals surface area contributed by atoms with Gasteiger partial charge in [-0.1, -0.05) is 12.1 Å². The fourth-order valence-corrected chi connectivity index (χ4v) is 4.20. The van der Waals surface area contributed by atoms with Gasteiger partial charge in [0.05, 0.1) is 22.2 Å². The number of fused-ring (bicyclic) bond motifs is 1. The summed E-state index contributed by atoms with van der Waals surface area (Å²) in [5.41, 5.74) is -3.45. The van der Waals surface area contributed by atoms with Crippen LogP contribution in [0.25, 0.3) is 11.3 Å². The van der Waals surface area contributed by atoms with Gasteiger partial charge in [0.25, 0.3) is 0 Å². The van der Waals surface area contributed by atoms with E-state index in [0.29, 0.717) is 30.5 Å². The summed E-state index contributed by atoms with van der Waals surface area (Å²) in [6.07, 6.45) is -4.02. The van der Waals surface area contributed by atoms with E-state index in [-0.39, 0.29) is 22.9 Å². The van der Waals surface area contributed by atoms with Crippen molar-refractivity contribution in [1.82, 2.24) is 4.98 Å². The molecule has 0 bridgehead atoms. The van der Waals surface area contributed by atoms with Crippen molar-refractivity contribution in [3.63, 3.8) is 0 Å². The number of pyridine rings is 1. The molecule has 1 aliphatic heterocycles. The first kappa shape index (κ1) is 24.5. The molecular weight excluding hydrogens is 503 g/mol. The molecule has 1 aliphatic carbocycles. The molecule has 7 nitrogen and oxygen atoms in total. The number of amides is 1. The van der Waals surface area contributed by atoms with Crippen LogP contribution in [0.5, 0.6) is 11.5 Å². The van der Waals surface area contributed by atoms with Crippen molar-refractivity contribution in [3.8, 4) is 22.8 Å². The zero-order chi connectivity index (χ0) is 26.8. The fraction of sp³-hybridized carbons (Fsp3) is 0.240. The zero-order valence-electron chi connectivity index (χ0n) is 19.0. The number of hydrogen-bond donors (Lipinski definition) is 2. The zero-order valence-corrected chi connectivity index (χ0v) is 19.0. The van der Waals surface area contributed by atoms with Crippen LogP contribution in [0.2, 0.25) is 0 Å². The highest BCUT2D eigenvalue weighted by molar-refractivity contribution is 6.01. The molecule has 1 unspecified atom stereocenters. The number of carbonyl (C=O) groups is 2. The van der Waals surface area contributed by atoms with E-state index in [1.165, 1.54) is 12.1 Å². The maximum Gasteiger partial charge on any atom is 0.418 e. The third-order valence-corrected chi connectivity index (χ3v) is 6.18. The Morgan fingerprint density at radius 3 is 2.35 bits per heavy atom. The number of carbonyl (C=O) groups excluding carboxylic acids is 1. The number of hydrogen-bond acceptors (Lipinski definition) is 5. The molecule has 0 spiro atoms. The van der Waals surface area contributed by atoms with E-state index in [2.05, 4.69) is 10.3 Å². The third kappa shape index (κ3) is 4.43. The molecule has 2 heterocycles. The van der Waals surface area contributed by atoms with Crippen LogP contribution in [0.15, 0.2) is 48.5 Å². The number of aromatic nitrogens is 1.